The molecule has 0 saturated carbocycles. The minimum absolute atomic E-state index is 0.245. The van der Waals surface area contributed by atoms with Crippen molar-refractivity contribution in [3.8, 4) is 0 Å². The number of furan rings is 1. The first-order valence-corrected chi connectivity index (χ1v) is 11.6. The zero-order valence-electron chi connectivity index (χ0n) is 19.5. The normalized spacial score (nSPS) is 14.0. The molecule has 2 aromatic heterocycles. The molecule has 0 atom stereocenters. The third-order valence-corrected chi connectivity index (χ3v) is 5.73. The molecule has 0 N–H and O–H groups in total. The van der Waals surface area contributed by atoms with Crippen LogP contribution >= 0.6 is 0 Å². The standard InChI is InChI=1S/C26H34N4O2/c1-20(2)31-16-8-13-30(18-23-11-7-15-32-23)26-24-19-29(17-22-9-5-4-6-10-22)14-12-25(24)27-21(3)28-26/h4-7,9-11,15,20H,8,12-14,16-19H2,1-3H3. The van der Waals surface area contributed by atoms with E-state index in [-0.39, 0.29) is 6.10 Å². The van der Waals surface area contributed by atoms with E-state index in [1.54, 1.807) is 6.26 Å². The Hall–Kier alpha value is -2.70. The molecule has 6 heteroatoms. The molecular weight excluding hydrogens is 400 g/mol. The molecule has 0 bridgehead atoms. The second-order valence-electron chi connectivity index (χ2n) is 8.74. The monoisotopic (exact) mass is 434 g/mol. The summed E-state index contributed by atoms with van der Waals surface area (Å²) in [7, 11) is 0. The van der Waals surface area contributed by atoms with Gasteiger partial charge in [-0.05, 0) is 44.9 Å². The Bertz CT molecular complexity index is 973. The first-order chi connectivity index (χ1) is 15.6. The van der Waals surface area contributed by atoms with Gasteiger partial charge in [0.05, 0.1) is 24.6 Å². The quantitative estimate of drug-likeness (QED) is 0.429. The molecule has 32 heavy (non-hydrogen) atoms. The molecule has 1 aliphatic heterocycles. The fourth-order valence-corrected chi connectivity index (χ4v) is 4.24. The van der Waals surface area contributed by atoms with Crippen molar-refractivity contribution in [2.24, 2.45) is 0 Å². The Kier molecular flexibility index (Phi) is 7.55. The smallest absolute Gasteiger partial charge is 0.137 e. The number of fused-ring (bicyclic) bond motifs is 1. The third kappa shape index (κ3) is 5.96. The maximum atomic E-state index is 5.79. The molecule has 0 radical (unpaired) electrons. The van der Waals surface area contributed by atoms with Crippen molar-refractivity contribution in [3.63, 3.8) is 0 Å². The van der Waals surface area contributed by atoms with Gasteiger partial charge in [0.1, 0.15) is 17.4 Å². The Morgan fingerprint density at radius 2 is 1.97 bits per heavy atom. The molecule has 0 saturated heterocycles. The highest BCUT2D eigenvalue weighted by Gasteiger charge is 2.25. The molecule has 170 valence electrons. The summed E-state index contributed by atoms with van der Waals surface area (Å²) in [6.45, 7) is 11.2. The number of hydrogen-bond donors (Lipinski definition) is 0. The molecule has 1 aromatic carbocycles. The molecule has 0 amide bonds. The van der Waals surface area contributed by atoms with Crippen LogP contribution in [-0.2, 0) is 30.8 Å². The number of ether oxygens (including phenoxy) is 1. The van der Waals surface area contributed by atoms with Gasteiger partial charge in [0.2, 0.25) is 0 Å². The van der Waals surface area contributed by atoms with Crippen molar-refractivity contribution in [1.29, 1.82) is 0 Å². The number of benzene rings is 1. The van der Waals surface area contributed by atoms with Gasteiger partial charge in [0.15, 0.2) is 0 Å². The van der Waals surface area contributed by atoms with Crippen molar-refractivity contribution in [3.05, 3.63) is 77.1 Å². The summed E-state index contributed by atoms with van der Waals surface area (Å²) < 4.78 is 11.5. The zero-order chi connectivity index (χ0) is 22.3. The van der Waals surface area contributed by atoms with E-state index in [0.717, 1.165) is 63.0 Å². The fraction of sp³-hybridized carbons (Fsp3) is 0.462. The van der Waals surface area contributed by atoms with Crippen LogP contribution in [0.5, 0.6) is 0 Å². The van der Waals surface area contributed by atoms with Crippen molar-refractivity contribution < 1.29 is 9.15 Å². The molecule has 4 rings (SSSR count). The van der Waals surface area contributed by atoms with Crippen LogP contribution in [0.25, 0.3) is 0 Å². The lowest BCUT2D eigenvalue weighted by molar-refractivity contribution is 0.0778. The van der Waals surface area contributed by atoms with E-state index >= 15 is 0 Å². The molecule has 3 heterocycles. The van der Waals surface area contributed by atoms with Gasteiger partial charge >= 0.3 is 0 Å². The van der Waals surface area contributed by atoms with Gasteiger partial charge in [-0.3, -0.25) is 4.90 Å². The highest BCUT2D eigenvalue weighted by atomic mass is 16.5. The molecular formula is C26H34N4O2. The SMILES string of the molecule is Cc1nc2c(c(N(CCCOC(C)C)Cc3ccco3)n1)CN(Cc1ccccc1)CC2. The maximum Gasteiger partial charge on any atom is 0.137 e. The Morgan fingerprint density at radius 3 is 2.72 bits per heavy atom. The van der Waals surface area contributed by atoms with E-state index in [1.807, 2.05) is 19.1 Å². The van der Waals surface area contributed by atoms with Crippen LogP contribution < -0.4 is 4.90 Å². The van der Waals surface area contributed by atoms with Crippen molar-refractivity contribution in [2.75, 3.05) is 24.6 Å². The Balaban J connectivity index is 1.57. The van der Waals surface area contributed by atoms with Crippen LogP contribution in [0.3, 0.4) is 0 Å². The lowest BCUT2D eigenvalue weighted by Gasteiger charge is -2.33. The van der Waals surface area contributed by atoms with Crippen LogP contribution in [0.1, 0.15) is 48.7 Å². The average Bonchev–Trinajstić information content (AvgIpc) is 3.29. The topological polar surface area (TPSA) is 54.6 Å². The summed E-state index contributed by atoms with van der Waals surface area (Å²) in [5.74, 6) is 2.81. The predicted molar refractivity (Wildman–Crippen MR) is 126 cm³/mol. The molecule has 6 nitrogen and oxygen atoms in total. The van der Waals surface area contributed by atoms with Gasteiger partial charge in [0, 0.05) is 44.8 Å². The van der Waals surface area contributed by atoms with Gasteiger partial charge < -0.3 is 14.1 Å². The lowest BCUT2D eigenvalue weighted by atomic mass is 10.0. The number of hydrogen-bond acceptors (Lipinski definition) is 6. The van der Waals surface area contributed by atoms with E-state index in [9.17, 15) is 0 Å². The first-order valence-electron chi connectivity index (χ1n) is 11.6. The summed E-state index contributed by atoms with van der Waals surface area (Å²) in [4.78, 5) is 14.6. The van der Waals surface area contributed by atoms with Crippen molar-refractivity contribution in [1.82, 2.24) is 14.9 Å². The van der Waals surface area contributed by atoms with Crippen LogP contribution in [-0.4, -0.2) is 40.7 Å². The van der Waals surface area contributed by atoms with Gasteiger partial charge in [-0.25, -0.2) is 9.97 Å². The summed E-state index contributed by atoms with van der Waals surface area (Å²) in [5, 5.41) is 0. The molecule has 0 aliphatic carbocycles. The number of aromatic nitrogens is 2. The van der Waals surface area contributed by atoms with E-state index in [1.165, 1.54) is 16.8 Å². The third-order valence-electron chi connectivity index (χ3n) is 5.73. The zero-order valence-corrected chi connectivity index (χ0v) is 19.5. The summed E-state index contributed by atoms with van der Waals surface area (Å²) >= 11 is 0. The Labute approximate surface area is 191 Å². The van der Waals surface area contributed by atoms with E-state index in [0.29, 0.717) is 6.54 Å². The van der Waals surface area contributed by atoms with Crippen LogP contribution in [0.15, 0.2) is 53.1 Å². The first kappa shape index (κ1) is 22.5. The van der Waals surface area contributed by atoms with Gasteiger partial charge in [-0.1, -0.05) is 30.3 Å². The molecule has 0 spiro atoms. The second-order valence-corrected chi connectivity index (χ2v) is 8.74. The van der Waals surface area contributed by atoms with E-state index in [2.05, 4.69) is 54.0 Å². The van der Waals surface area contributed by atoms with Gasteiger partial charge in [-0.15, -0.1) is 0 Å². The number of rotatable bonds is 10. The molecule has 1 aliphatic rings. The molecule has 0 fully saturated rings. The van der Waals surface area contributed by atoms with Crippen LogP contribution in [0, 0.1) is 6.92 Å². The van der Waals surface area contributed by atoms with Gasteiger partial charge in [-0.2, -0.15) is 0 Å². The summed E-state index contributed by atoms with van der Waals surface area (Å²) in [5.41, 5.74) is 3.76. The highest BCUT2D eigenvalue weighted by molar-refractivity contribution is 5.50. The van der Waals surface area contributed by atoms with E-state index in [4.69, 9.17) is 19.1 Å². The average molecular weight is 435 g/mol. The summed E-state index contributed by atoms with van der Waals surface area (Å²) in [6.07, 6.45) is 3.86. The van der Waals surface area contributed by atoms with Crippen LogP contribution in [0.4, 0.5) is 5.82 Å². The maximum absolute atomic E-state index is 5.79. The Morgan fingerprint density at radius 1 is 1.12 bits per heavy atom. The predicted octanol–water partition coefficient (Wildman–Crippen LogP) is 4.76. The lowest BCUT2D eigenvalue weighted by Crippen LogP contribution is -2.34. The summed E-state index contributed by atoms with van der Waals surface area (Å²) in [6, 6.07) is 14.6. The van der Waals surface area contributed by atoms with Crippen LogP contribution in [0.2, 0.25) is 0 Å². The highest BCUT2D eigenvalue weighted by Crippen LogP contribution is 2.29. The fourth-order valence-electron chi connectivity index (χ4n) is 4.24. The van der Waals surface area contributed by atoms with Gasteiger partial charge in [0.25, 0.3) is 0 Å². The van der Waals surface area contributed by atoms with Crippen molar-refractivity contribution in [2.45, 2.75) is 59.4 Å². The number of nitrogens with zero attached hydrogens (tertiary/aromatic N) is 4. The molecule has 3 aromatic rings. The second kappa shape index (κ2) is 10.7. The number of anilines is 1. The minimum atomic E-state index is 0.245. The largest absolute Gasteiger partial charge is 0.467 e. The minimum Gasteiger partial charge on any atom is -0.467 e. The molecule has 0 unspecified atom stereocenters. The van der Waals surface area contributed by atoms with Crippen molar-refractivity contribution >= 4 is 5.82 Å². The number of aryl methyl sites for hydroxylation is 1. The van der Waals surface area contributed by atoms with E-state index < -0.39 is 0 Å².